The fourth-order valence-electron chi connectivity index (χ4n) is 3.19. The fraction of sp³-hybridized carbons (Fsp3) is 1.00. The van der Waals surface area contributed by atoms with Gasteiger partial charge in [0.2, 0.25) is 0 Å². The van der Waals surface area contributed by atoms with Gasteiger partial charge in [-0.05, 0) is 42.9 Å². The van der Waals surface area contributed by atoms with E-state index in [1.807, 2.05) is 0 Å². The molecule has 0 spiro atoms. The molecule has 12 heavy (non-hydrogen) atoms. The van der Waals surface area contributed by atoms with E-state index in [0.717, 1.165) is 24.2 Å². The largest absolute Gasteiger partial charge is 0.393 e. The highest BCUT2D eigenvalue weighted by atomic mass is 16.3. The topological polar surface area (TPSA) is 20.2 Å². The molecular weight excluding hydrogens is 148 g/mol. The first-order chi connectivity index (χ1) is 5.68. The lowest BCUT2D eigenvalue weighted by Crippen LogP contribution is -2.41. The van der Waals surface area contributed by atoms with Gasteiger partial charge in [0.1, 0.15) is 0 Å². The first-order valence-corrected chi connectivity index (χ1v) is 5.36. The van der Waals surface area contributed by atoms with Crippen LogP contribution in [-0.4, -0.2) is 11.2 Å². The summed E-state index contributed by atoms with van der Waals surface area (Å²) in [6.07, 6.45) is 5.11. The summed E-state index contributed by atoms with van der Waals surface area (Å²) in [6.45, 7) is 4.61. The van der Waals surface area contributed by atoms with Gasteiger partial charge in [-0.1, -0.05) is 20.3 Å². The summed E-state index contributed by atoms with van der Waals surface area (Å²) in [4.78, 5) is 0. The molecule has 5 atom stereocenters. The molecule has 2 rings (SSSR count). The van der Waals surface area contributed by atoms with Crippen LogP contribution in [0.4, 0.5) is 0 Å². The second kappa shape index (κ2) is 3.02. The first-order valence-electron chi connectivity index (χ1n) is 5.36. The van der Waals surface area contributed by atoms with Gasteiger partial charge in [-0.25, -0.2) is 0 Å². The molecule has 0 aliphatic heterocycles. The fourth-order valence-corrected chi connectivity index (χ4v) is 3.19. The Labute approximate surface area is 75.2 Å². The van der Waals surface area contributed by atoms with Crippen molar-refractivity contribution < 1.29 is 5.11 Å². The van der Waals surface area contributed by atoms with Crippen LogP contribution in [0.25, 0.3) is 0 Å². The van der Waals surface area contributed by atoms with Crippen LogP contribution in [0.2, 0.25) is 0 Å². The summed E-state index contributed by atoms with van der Waals surface area (Å²) in [5, 5.41) is 9.86. The van der Waals surface area contributed by atoms with Gasteiger partial charge in [0.25, 0.3) is 0 Å². The minimum atomic E-state index is 0.00606. The van der Waals surface area contributed by atoms with Gasteiger partial charge in [-0.2, -0.15) is 0 Å². The average molecular weight is 168 g/mol. The van der Waals surface area contributed by atoms with E-state index in [-0.39, 0.29) is 6.10 Å². The van der Waals surface area contributed by atoms with Gasteiger partial charge < -0.3 is 5.11 Å². The molecule has 0 aromatic rings. The molecule has 0 saturated heterocycles. The number of aliphatic hydroxyl groups is 1. The molecule has 0 heterocycles. The summed E-state index contributed by atoms with van der Waals surface area (Å²) in [5.74, 6) is 3.09. The lowest BCUT2D eigenvalue weighted by atomic mass is 9.62. The molecule has 0 radical (unpaired) electrons. The molecule has 1 nitrogen and oxygen atoms in total. The number of hydrogen-bond acceptors (Lipinski definition) is 1. The van der Waals surface area contributed by atoms with Crippen molar-refractivity contribution in [3.63, 3.8) is 0 Å². The van der Waals surface area contributed by atoms with E-state index in [0.29, 0.717) is 5.92 Å². The maximum Gasteiger partial charge on any atom is 0.0573 e. The number of aliphatic hydroxyl groups excluding tert-OH is 1. The zero-order valence-electron chi connectivity index (χ0n) is 8.16. The molecule has 0 amide bonds. The lowest BCUT2D eigenvalue weighted by molar-refractivity contribution is -0.0326. The van der Waals surface area contributed by atoms with Crippen molar-refractivity contribution in [3.05, 3.63) is 0 Å². The predicted octanol–water partition coefficient (Wildman–Crippen LogP) is 2.44. The van der Waals surface area contributed by atoms with E-state index in [1.54, 1.807) is 0 Å². The number of fused-ring (bicyclic) bond motifs is 2. The Balaban J connectivity index is 2.09. The van der Waals surface area contributed by atoms with E-state index in [1.165, 1.54) is 19.3 Å². The zero-order chi connectivity index (χ0) is 8.72. The minimum absolute atomic E-state index is 0.00606. The first kappa shape index (κ1) is 8.55. The predicted molar refractivity (Wildman–Crippen MR) is 49.8 cm³/mol. The van der Waals surface area contributed by atoms with Crippen molar-refractivity contribution in [3.8, 4) is 0 Å². The van der Waals surface area contributed by atoms with Gasteiger partial charge in [0, 0.05) is 0 Å². The number of hydrogen-bond donors (Lipinski definition) is 1. The van der Waals surface area contributed by atoms with E-state index in [2.05, 4.69) is 13.8 Å². The van der Waals surface area contributed by atoms with E-state index in [9.17, 15) is 5.11 Å². The molecule has 5 unspecified atom stereocenters. The summed E-state index contributed by atoms with van der Waals surface area (Å²) >= 11 is 0. The van der Waals surface area contributed by atoms with Crippen LogP contribution in [0.3, 0.4) is 0 Å². The van der Waals surface area contributed by atoms with Crippen molar-refractivity contribution in [2.24, 2.45) is 23.7 Å². The Morgan fingerprint density at radius 2 is 1.75 bits per heavy atom. The van der Waals surface area contributed by atoms with Crippen LogP contribution in [0, 0.1) is 23.7 Å². The second-order valence-electron chi connectivity index (χ2n) is 4.99. The molecule has 2 aliphatic carbocycles. The SMILES string of the molecule is CC1CC(O)C2CC1CCC2C. The molecule has 2 aliphatic rings. The summed E-state index contributed by atoms with van der Waals surface area (Å²) in [5.41, 5.74) is 0. The van der Waals surface area contributed by atoms with Crippen LogP contribution < -0.4 is 0 Å². The highest BCUT2D eigenvalue weighted by Gasteiger charge is 2.39. The molecule has 2 bridgehead atoms. The van der Waals surface area contributed by atoms with Gasteiger partial charge >= 0.3 is 0 Å². The summed E-state index contributed by atoms with van der Waals surface area (Å²) in [7, 11) is 0. The van der Waals surface area contributed by atoms with E-state index >= 15 is 0 Å². The Hall–Kier alpha value is -0.0400. The van der Waals surface area contributed by atoms with Crippen LogP contribution in [0.15, 0.2) is 0 Å². The quantitative estimate of drug-likeness (QED) is 0.589. The van der Waals surface area contributed by atoms with Crippen molar-refractivity contribution in [2.75, 3.05) is 0 Å². The highest BCUT2D eigenvalue weighted by Crippen LogP contribution is 2.45. The van der Waals surface area contributed by atoms with Crippen LogP contribution in [0.1, 0.15) is 39.5 Å². The molecular formula is C11H20O. The van der Waals surface area contributed by atoms with Crippen molar-refractivity contribution >= 4 is 0 Å². The van der Waals surface area contributed by atoms with Crippen molar-refractivity contribution in [2.45, 2.75) is 45.6 Å². The normalized spacial score (nSPS) is 53.8. The van der Waals surface area contributed by atoms with Gasteiger partial charge in [-0.3, -0.25) is 0 Å². The Morgan fingerprint density at radius 1 is 1.00 bits per heavy atom. The van der Waals surface area contributed by atoms with Crippen LogP contribution in [-0.2, 0) is 0 Å². The third-order valence-electron chi connectivity index (χ3n) is 4.21. The molecule has 0 aromatic carbocycles. The van der Waals surface area contributed by atoms with Gasteiger partial charge in [0.15, 0.2) is 0 Å². The number of rotatable bonds is 0. The second-order valence-corrected chi connectivity index (χ2v) is 4.99. The summed E-state index contributed by atoms with van der Waals surface area (Å²) in [6, 6.07) is 0. The third-order valence-corrected chi connectivity index (χ3v) is 4.21. The Morgan fingerprint density at radius 3 is 2.50 bits per heavy atom. The lowest BCUT2D eigenvalue weighted by Gasteiger charge is -2.45. The van der Waals surface area contributed by atoms with Crippen molar-refractivity contribution in [1.82, 2.24) is 0 Å². The smallest absolute Gasteiger partial charge is 0.0573 e. The Kier molecular flexibility index (Phi) is 2.16. The summed E-state index contributed by atoms with van der Waals surface area (Å²) < 4.78 is 0. The van der Waals surface area contributed by atoms with Gasteiger partial charge in [0.05, 0.1) is 6.10 Å². The van der Waals surface area contributed by atoms with Crippen LogP contribution in [0.5, 0.6) is 0 Å². The zero-order valence-corrected chi connectivity index (χ0v) is 8.16. The molecule has 70 valence electrons. The highest BCUT2D eigenvalue weighted by molar-refractivity contribution is 4.90. The molecule has 2 saturated carbocycles. The standard InChI is InChI=1S/C11H20O/c1-7-3-4-9-6-10(7)11(12)5-8(9)2/h7-12H,3-6H2,1-2H3. The molecule has 1 N–H and O–H groups in total. The molecule has 0 aromatic heterocycles. The average Bonchev–Trinajstić information content (AvgIpc) is 2.03. The minimum Gasteiger partial charge on any atom is -0.393 e. The van der Waals surface area contributed by atoms with E-state index in [4.69, 9.17) is 0 Å². The van der Waals surface area contributed by atoms with Crippen molar-refractivity contribution in [1.29, 1.82) is 0 Å². The van der Waals surface area contributed by atoms with Crippen LogP contribution >= 0.6 is 0 Å². The molecule has 2 fully saturated rings. The monoisotopic (exact) mass is 168 g/mol. The Bertz CT molecular complexity index is 166. The molecule has 1 heteroatoms. The maximum atomic E-state index is 9.86. The van der Waals surface area contributed by atoms with E-state index < -0.39 is 0 Å². The van der Waals surface area contributed by atoms with Gasteiger partial charge in [-0.15, -0.1) is 0 Å². The maximum absolute atomic E-state index is 9.86. The third kappa shape index (κ3) is 1.28.